The Morgan fingerprint density at radius 3 is 2.64 bits per heavy atom. The monoisotopic (exact) mass is 209 g/mol. The Bertz CT molecular complexity index is 339. The van der Waals surface area contributed by atoms with Crippen LogP contribution >= 0.6 is 11.8 Å². The van der Waals surface area contributed by atoms with Gasteiger partial charge in [0.2, 0.25) is 0 Å². The van der Waals surface area contributed by atoms with E-state index in [0.29, 0.717) is 0 Å². The molecule has 1 heterocycles. The van der Waals surface area contributed by atoms with Crippen LogP contribution < -0.4 is 0 Å². The van der Waals surface area contributed by atoms with Crippen molar-refractivity contribution in [1.82, 2.24) is 14.8 Å². The molecule has 0 bridgehead atoms. The molecule has 4 heteroatoms. The molecule has 2 aliphatic carbocycles. The molecule has 1 aromatic rings. The lowest BCUT2D eigenvalue weighted by Crippen LogP contribution is -2.01. The van der Waals surface area contributed by atoms with Crippen LogP contribution in [0.2, 0.25) is 0 Å². The molecule has 0 saturated heterocycles. The van der Waals surface area contributed by atoms with Gasteiger partial charge in [-0.1, -0.05) is 18.7 Å². The number of aromatic nitrogens is 3. The molecule has 3 nitrogen and oxygen atoms in total. The highest BCUT2D eigenvalue weighted by Crippen LogP contribution is 2.45. The van der Waals surface area contributed by atoms with Crippen LogP contribution in [0.3, 0.4) is 0 Å². The topological polar surface area (TPSA) is 30.7 Å². The lowest BCUT2D eigenvalue weighted by atomic mass is 10.4. The van der Waals surface area contributed by atoms with E-state index in [9.17, 15) is 0 Å². The van der Waals surface area contributed by atoms with E-state index >= 15 is 0 Å². The summed E-state index contributed by atoms with van der Waals surface area (Å²) in [5, 5.41) is 9.80. The van der Waals surface area contributed by atoms with Crippen LogP contribution in [0.4, 0.5) is 0 Å². The maximum atomic E-state index is 4.35. The number of thioether (sulfide) groups is 1. The van der Waals surface area contributed by atoms with Crippen LogP contribution in [0.25, 0.3) is 0 Å². The number of nitrogens with zero attached hydrogens (tertiary/aromatic N) is 3. The van der Waals surface area contributed by atoms with E-state index in [1.165, 1.54) is 31.5 Å². The SMILES string of the molecule is CCSc1nnc(C2CC2)n1C1CC1. The van der Waals surface area contributed by atoms with Gasteiger partial charge in [0.25, 0.3) is 0 Å². The lowest BCUT2D eigenvalue weighted by Gasteiger charge is -2.06. The van der Waals surface area contributed by atoms with Crippen molar-refractivity contribution < 1.29 is 0 Å². The zero-order valence-electron chi connectivity index (χ0n) is 8.44. The van der Waals surface area contributed by atoms with Gasteiger partial charge in [0.05, 0.1) is 0 Å². The second kappa shape index (κ2) is 3.26. The van der Waals surface area contributed by atoms with Crippen molar-refractivity contribution in [2.75, 3.05) is 5.75 Å². The average molecular weight is 209 g/mol. The average Bonchev–Trinajstić information content (AvgIpc) is 3.07. The van der Waals surface area contributed by atoms with Gasteiger partial charge < -0.3 is 4.57 Å². The van der Waals surface area contributed by atoms with Crippen molar-refractivity contribution in [3.8, 4) is 0 Å². The van der Waals surface area contributed by atoms with E-state index < -0.39 is 0 Å². The summed E-state index contributed by atoms with van der Waals surface area (Å²) in [6.45, 7) is 2.17. The lowest BCUT2D eigenvalue weighted by molar-refractivity contribution is 0.627. The van der Waals surface area contributed by atoms with Crippen LogP contribution in [-0.2, 0) is 0 Å². The summed E-state index contributed by atoms with van der Waals surface area (Å²) in [5.74, 6) is 3.09. The Labute approximate surface area is 88.3 Å². The Morgan fingerprint density at radius 2 is 2.07 bits per heavy atom. The van der Waals surface area contributed by atoms with Gasteiger partial charge in [0, 0.05) is 12.0 Å². The van der Waals surface area contributed by atoms with Gasteiger partial charge >= 0.3 is 0 Å². The second-order valence-corrected chi connectivity index (χ2v) is 5.38. The first-order valence-electron chi connectivity index (χ1n) is 5.47. The number of hydrogen-bond acceptors (Lipinski definition) is 3. The standard InChI is InChI=1S/C10H15N3S/c1-2-14-10-12-11-9(7-3-4-7)13(10)8-5-6-8/h7-8H,2-6H2,1H3. The first-order chi connectivity index (χ1) is 6.90. The highest BCUT2D eigenvalue weighted by atomic mass is 32.2. The van der Waals surface area contributed by atoms with Gasteiger partial charge in [-0.2, -0.15) is 0 Å². The summed E-state index contributed by atoms with van der Waals surface area (Å²) in [4.78, 5) is 0. The highest BCUT2D eigenvalue weighted by molar-refractivity contribution is 7.99. The molecule has 1 aromatic heterocycles. The Balaban J connectivity index is 1.94. The summed E-state index contributed by atoms with van der Waals surface area (Å²) in [6.07, 6.45) is 5.30. The summed E-state index contributed by atoms with van der Waals surface area (Å²) in [6, 6.07) is 0.731. The van der Waals surface area contributed by atoms with E-state index in [4.69, 9.17) is 0 Å². The molecule has 0 spiro atoms. The molecule has 2 aliphatic rings. The molecule has 0 radical (unpaired) electrons. The minimum atomic E-state index is 0.731. The third-order valence-electron chi connectivity index (χ3n) is 2.82. The number of hydrogen-bond donors (Lipinski definition) is 0. The van der Waals surface area contributed by atoms with Gasteiger partial charge in [-0.15, -0.1) is 10.2 Å². The normalized spacial score (nSPS) is 21.5. The van der Waals surface area contributed by atoms with E-state index in [-0.39, 0.29) is 0 Å². The molecule has 2 saturated carbocycles. The predicted molar refractivity (Wildman–Crippen MR) is 56.7 cm³/mol. The summed E-state index contributed by atoms with van der Waals surface area (Å²) in [7, 11) is 0. The highest BCUT2D eigenvalue weighted by Gasteiger charge is 2.36. The fraction of sp³-hybridized carbons (Fsp3) is 0.800. The van der Waals surface area contributed by atoms with Crippen molar-refractivity contribution in [2.45, 2.75) is 49.7 Å². The molecule has 0 unspecified atom stereocenters. The third kappa shape index (κ3) is 1.45. The molecule has 14 heavy (non-hydrogen) atoms. The van der Waals surface area contributed by atoms with E-state index in [2.05, 4.69) is 21.7 Å². The van der Waals surface area contributed by atoms with Crippen molar-refractivity contribution >= 4 is 11.8 Å². The molecule has 3 rings (SSSR count). The molecule has 76 valence electrons. The van der Waals surface area contributed by atoms with Crippen LogP contribution in [0.5, 0.6) is 0 Å². The van der Waals surface area contributed by atoms with Gasteiger partial charge in [0.15, 0.2) is 5.16 Å². The van der Waals surface area contributed by atoms with E-state index in [1.807, 2.05) is 11.8 Å². The van der Waals surface area contributed by atoms with Crippen LogP contribution in [-0.4, -0.2) is 20.5 Å². The van der Waals surface area contributed by atoms with Crippen LogP contribution in [0.1, 0.15) is 50.4 Å². The second-order valence-electron chi connectivity index (χ2n) is 4.15. The summed E-state index contributed by atoms with van der Waals surface area (Å²) in [5.41, 5.74) is 0. The van der Waals surface area contributed by atoms with Gasteiger partial charge in [-0.05, 0) is 31.4 Å². The minimum Gasteiger partial charge on any atom is -0.303 e. The Kier molecular flexibility index (Phi) is 2.04. The van der Waals surface area contributed by atoms with Gasteiger partial charge in [0.1, 0.15) is 5.82 Å². The first-order valence-corrected chi connectivity index (χ1v) is 6.46. The quantitative estimate of drug-likeness (QED) is 0.714. The summed E-state index contributed by atoms with van der Waals surface area (Å²) >= 11 is 1.83. The van der Waals surface area contributed by atoms with E-state index in [1.54, 1.807) is 0 Å². The molecule has 0 aliphatic heterocycles. The number of rotatable bonds is 4. The largest absolute Gasteiger partial charge is 0.303 e. The first kappa shape index (κ1) is 8.77. The maximum Gasteiger partial charge on any atom is 0.191 e. The Hall–Kier alpha value is -0.510. The van der Waals surface area contributed by atoms with E-state index in [0.717, 1.165) is 22.9 Å². The smallest absolute Gasteiger partial charge is 0.191 e. The fourth-order valence-corrected chi connectivity index (χ4v) is 2.55. The zero-order valence-corrected chi connectivity index (χ0v) is 9.26. The van der Waals surface area contributed by atoms with Crippen molar-refractivity contribution in [3.63, 3.8) is 0 Å². The molecule has 0 amide bonds. The Morgan fingerprint density at radius 1 is 1.29 bits per heavy atom. The van der Waals surface area contributed by atoms with Gasteiger partial charge in [-0.3, -0.25) is 0 Å². The molecular weight excluding hydrogens is 194 g/mol. The molecule has 0 N–H and O–H groups in total. The molecular formula is C10H15N3S. The summed E-state index contributed by atoms with van der Waals surface area (Å²) < 4.78 is 2.41. The van der Waals surface area contributed by atoms with Crippen molar-refractivity contribution in [1.29, 1.82) is 0 Å². The van der Waals surface area contributed by atoms with Crippen molar-refractivity contribution in [3.05, 3.63) is 5.82 Å². The van der Waals surface area contributed by atoms with Crippen LogP contribution in [0, 0.1) is 0 Å². The van der Waals surface area contributed by atoms with Gasteiger partial charge in [-0.25, -0.2) is 0 Å². The zero-order chi connectivity index (χ0) is 9.54. The molecule has 2 fully saturated rings. The third-order valence-corrected chi connectivity index (χ3v) is 3.64. The molecule has 0 atom stereocenters. The predicted octanol–water partition coefficient (Wildman–Crippen LogP) is 2.60. The minimum absolute atomic E-state index is 0.731. The molecule has 0 aromatic carbocycles. The van der Waals surface area contributed by atoms with Crippen molar-refractivity contribution in [2.24, 2.45) is 0 Å². The van der Waals surface area contributed by atoms with Crippen LogP contribution in [0.15, 0.2) is 5.16 Å². The maximum absolute atomic E-state index is 4.35. The fourth-order valence-electron chi connectivity index (χ4n) is 1.81.